The fraction of sp³-hybridized carbons (Fsp3) is 0.318. The normalized spacial score (nSPS) is 13.4. The summed E-state index contributed by atoms with van der Waals surface area (Å²) in [6.45, 7) is 0.626. The summed E-state index contributed by atoms with van der Waals surface area (Å²) in [4.78, 5) is 11.9. The number of fused-ring (bicyclic) bond motifs is 1. The van der Waals surface area contributed by atoms with Crippen molar-refractivity contribution in [3.63, 3.8) is 0 Å². The van der Waals surface area contributed by atoms with Crippen molar-refractivity contribution < 1.29 is 35.6 Å². The van der Waals surface area contributed by atoms with Crippen molar-refractivity contribution in [3.8, 4) is 28.6 Å². The quantitative estimate of drug-likeness (QED) is 0.281. The molecular formula is C22H18F6N4O2S. The van der Waals surface area contributed by atoms with E-state index >= 15 is 0 Å². The minimum absolute atomic E-state index is 0.120. The molecule has 0 aliphatic carbocycles. The number of hydrogen-bond donors (Lipinski definition) is 1. The van der Waals surface area contributed by atoms with Crippen molar-refractivity contribution in [2.45, 2.75) is 31.8 Å². The molecule has 4 rings (SSSR count). The maximum atomic E-state index is 13.6. The highest BCUT2D eigenvalue weighted by atomic mass is 32.2. The highest BCUT2D eigenvalue weighted by molar-refractivity contribution is 7.98. The topological polar surface area (TPSA) is 76.8 Å². The van der Waals surface area contributed by atoms with E-state index in [2.05, 4.69) is 24.8 Å². The minimum atomic E-state index is -4.97. The lowest BCUT2D eigenvalue weighted by Crippen LogP contribution is -2.31. The Morgan fingerprint density at radius 3 is 2.46 bits per heavy atom. The van der Waals surface area contributed by atoms with Crippen molar-refractivity contribution in [1.29, 1.82) is 0 Å². The number of halogens is 6. The van der Waals surface area contributed by atoms with Gasteiger partial charge in [0, 0.05) is 23.3 Å². The Bertz CT molecular complexity index is 1330. The Labute approximate surface area is 199 Å². The summed E-state index contributed by atoms with van der Waals surface area (Å²) >= 11 is 1.69. The molecule has 0 fully saturated rings. The molecule has 4 aromatic rings. The lowest BCUT2D eigenvalue weighted by atomic mass is 10.1. The van der Waals surface area contributed by atoms with E-state index in [1.54, 1.807) is 30.0 Å². The Balaban J connectivity index is 1.63. The predicted octanol–water partition coefficient (Wildman–Crippen LogP) is 6.53. The highest BCUT2D eigenvalue weighted by Gasteiger charge is 2.41. The van der Waals surface area contributed by atoms with Gasteiger partial charge >= 0.3 is 12.4 Å². The molecule has 0 amide bonds. The second kappa shape index (κ2) is 9.44. The zero-order valence-electron chi connectivity index (χ0n) is 18.3. The molecule has 2 heterocycles. The third-order valence-electron chi connectivity index (χ3n) is 5.05. The van der Waals surface area contributed by atoms with Crippen LogP contribution in [0.3, 0.4) is 0 Å². The first-order valence-corrected chi connectivity index (χ1v) is 11.6. The highest BCUT2D eigenvalue weighted by Crippen LogP contribution is 2.40. The van der Waals surface area contributed by atoms with Crippen molar-refractivity contribution in [1.82, 2.24) is 20.1 Å². The molecule has 186 valence electrons. The number of imidazole rings is 1. The van der Waals surface area contributed by atoms with E-state index < -0.39 is 29.8 Å². The van der Waals surface area contributed by atoms with Crippen LogP contribution in [0.25, 0.3) is 33.9 Å². The molecule has 1 atom stereocenters. The van der Waals surface area contributed by atoms with Gasteiger partial charge < -0.3 is 14.2 Å². The number of nitrogens with zero attached hydrogens (tertiary/aromatic N) is 3. The third kappa shape index (κ3) is 5.55. The fourth-order valence-electron chi connectivity index (χ4n) is 3.22. The van der Waals surface area contributed by atoms with Crippen LogP contribution >= 0.6 is 11.8 Å². The Kier molecular flexibility index (Phi) is 6.71. The monoisotopic (exact) mass is 516 g/mol. The van der Waals surface area contributed by atoms with Gasteiger partial charge in [0.1, 0.15) is 11.6 Å². The van der Waals surface area contributed by atoms with Crippen LogP contribution in [0.5, 0.6) is 5.75 Å². The second-order valence-corrected chi connectivity index (χ2v) is 8.58. The van der Waals surface area contributed by atoms with E-state index in [0.29, 0.717) is 18.6 Å². The van der Waals surface area contributed by atoms with Gasteiger partial charge in [0.2, 0.25) is 5.82 Å². The molecule has 1 N–H and O–H groups in total. The molecule has 0 radical (unpaired) electrons. The van der Waals surface area contributed by atoms with E-state index in [1.807, 2.05) is 6.26 Å². The molecule has 1 unspecified atom stereocenters. The standard InChI is InChI=1S/C22H18F6N4O2S/c1-11(21(23,24)25)33-17-6-4-13(9-14(17)22(26,27)28)20-31-19(32-34-20)12-3-5-15-16(10-12)30-18(29-15)7-8-35-2/h3-6,9-11H,7-8H2,1-2H3,(H,29,30). The molecule has 0 spiro atoms. The van der Waals surface area contributed by atoms with Crippen LogP contribution in [0.4, 0.5) is 26.3 Å². The van der Waals surface area contributed by atoms with Gasteiger partial charge in [0.25, 0.3) is 5.89 Å². The Hall–Kier alpha value is -3.22. The molecular weight excluding hydrogens is 498 g/mol. The van der Waals surface area contributed by atoms with E-state index in [9.17, 15) is 26.3 Å². The van der Waals surface area contributed by atoms with Crippen molar-refractivity contribution >= 4 is 22.8 Å². The third-order valence-corrected chi connectivity index (χ3v) is 5.67. The van der Waals surface area contributed by atoms with Gasteiger partial charge in [-0.3, -0.25) is 0 Å². The van der Waals surface area contributed by atoms with E-state index in [-0.39, 0.29) is 17.3 Å². The van der Waals surface area contributed by atoms with Crippen LogP contribution < -0.4 is 4.74 Å². The van der Waals surface area contributed by atoms with E-state index in [1.165, 1.54) is 0 Å². The fourth-order valence-corrected chi connectivity index (χ4v) is 3.62. The molecule has 13 heteroatoms. The summed E-state index contributed by atoms with van der Waals surface area (Å²) in [6, 6.07) is 7.75. The number of thioether (sulfide) groups is 1. The van der Waals surface area contributed by atoms with Crippen LogP contribution in [0.15, 0.2) is 40.9 Å². The first-order valence-electron chi connectivity index (χ1n) is 10.2. The lowest BCUT2D eigenvalue weighted by molar-refractivity contribution is -0.191. The number of hydrogen-bond acceptors (Lipinski definition) is 6. The minimum Gasteiger partial charge on any atom is -0.481 e. The summed E-state index contributed by atoms with van der Waals surface area (Å²) in [5, 5.41) is 3.84. The molecule has 0 aliphatic heterocycles. The molecule has 35 heavy (non-hydrogen) atoms. The van der Waals surface area contributed by atoms with Gasteiger partial charge in [-0.1, -0.05) is 5.16 Å². The van der Waals surface area contributed by atoms with Gasteiger partial charge in [-0.2, -0.15) is 43.1 Å². The number of aromatic nitrogens is 4. The van der Waals surface area contributed by atoms with E-state index in [4.69, 9.17) is 4.52 Å². The SMILES string of the molecule is CSCCc1nc2ccc(-c3noc(-c4ccc(OC(C)C(F)(F)F)c(C(F)(F)F)c4)n3)cc2[nH]1. The number of rotatable bonds is 7. The Morgan fingerprint density at radius 2 is 1.77 bits per heavy atom. The number of alkyl halides is 6. The van der Waals surface area contributed by atoms with Crippen LogP contribution in [0.2, 0.25) is 0 Å². The zero-order valence-corrected chi connectivity index (χ0v) is 19.1. The number of H-pyrrole nitrogens is 1. The molecule has 0 bridgehead atoms. The molecule has 0 aliphatic rings. The van der Waals surface area contributed by atoms with Gasteiger partial charge in [-0.25, -0.2) is 4.98 Å². The molecule has 6 nitrogen and oxygen atoms in total. The summed E-state index contributed by atoms with van der Waals surface area (Å²) < 4.78 is 88.7. The van der Waals surface area contributed by atoms with Gasteiger partial charge in [0.05, 0.1) is 16.6 Å². The average Bonchev–Trinajstić information content (AvgIpc) is 3.43. The Morgan fingerprint density at radius 1 is 1.03 bits per heavy atom. The number of nitrogens with one attached hydrogen (secondary N) is 1. The van der Waals surface area contributed by atoms with Gasteiger partial charge in [-0.15, -0.1) is 0 Å². The van der Waals surface area contributed by atoms with Crippen LogP contribution in [0, 0.1) is 0 Å². The van der Waals surface area contributed by atoms with Gasteiger partial charge in [-0.05, 0) is 49.6 Å². The lowest BCUT2D eigenvalue weighted by Gasteiger charge is -2.20. The van der Waals surface area contributed by atoms with Crippen molar-refractivity contribution in [2.75, 3.05) is 12.0 Å². The number of ether oxygens (including phenoxy) is 1. The van der Waals surface area contributed by atoms with Crippen LogP contribution in [-0.2, 0) is 12.6 Å². The first kappa shape index (κ1) is 24.9. The van der Waals surface area contributed by atoms with Crippen molar-refractivity contribution in [3.05, 3.63) is 47.8 Å². The smallest absolute Gasteiger partial charge is 0.425 e. The second-order valence-electron chi connectivity index (χ2n) is 7.59. The number of aromatic amines is 1. The number of aryl methyl sites for hydroxylation is 1. The maximum Gasteiger partial charge on any atom is 0.425 e. The van der Waals surface area contributed by atoms with E-state index in [0.717, 1.165) is 41.2 Å². The first-order chi connectivity index (χ1) is 16.5. The predicted molar refractivity (Wildman–Crippen MR) is 118 cm³/mol. The van der Waals surface area contributed by atoms with Crippen LogP contribution in [-0.4, -0.2) is 44.4 Å². The average molecular weight is 516 g/mol. The molecule has 2 aromatic heterocycles. The molecule has 2 aromatic carbocycles. The summed E-state index contributed by atoms with van der Waals surface area (Å²) in [7, 11) is 0. The maximum absolute atomic E-state index is 13.6. The summed E-state index contributed by atoms with van der Waals surface area (Å²) in [6.07, 6.45) is -9.47. The van der Waals surface area contributed by atoms with Crippen LogP contribution in [0.1, 0.15) is 18.3 Å². The summed E-state index contributed by atoms with van der Waals surface area (Å²) in [5.74, 6) is 0.669. The van der Waals surface area contributed by atoms with Gasteiger partial charge in [0.15, 0.2) is 6.10 Å². The molecule has 0 saturated heterocycles. The summed E-state index contributed by atoms with van der Waals surface area (Å²) in [5.41, 5.74) is 0.520. The zero-order chi connectivity index (χ0) is 25.4. The largest absolute Gasteiger partial charge is 0.481 e. The molecule has 0 saturated carbocycles. The van der Waals surface area contributed by atoms with Crippen molar-refractivity contribution in [2.24, 2.45) is 0 Å². The number of benzene rings is 2.